The topological polar surface area (TPSA) is 105 Å². The van der Waals surface area contributed by atoms with Gasteiger partial charge in [-0.15, -0.1) is 11.3 Å². The molecule has 0 aliphatic carbocycles. The number of H-pyrrole nitrogens is 1. The number of nitrogens with one attached hydrogen (secondary N) is 1. The maximum Gasteiger partial charge on any atom is 0.250 e. The third-order valence-corrected chi connectivity index (χ3v) is 8.81. The number of hydrogen-bond donors (Lipinski definition) is 2. The van der Waals surface area contributed by atoms with Crippen LogP contribution >= 0.6 is 11.3 Å². The summed E-state index contributed by atoms with van der Waals surface area (Å²) in [5.74, 6) is 0.0796. The first kappa shape index (κ1) is 23.0. The zero-order chi connectivity index (χ0) is 22.9. The Bertz CT molecular complexity index is 1220. The largest absolute Gasteiger partial charge is 0.383 e. The summed E-state index contributed by atoms with van der Waals surface area (Å²) in [5, 5.41) is 3.05. The van der Waals surface area contributed by atoms with E-state index in [-0.39, 0.29) is 17.4 Å². The van der Waals surface area contributed by atoms with E-state index < -0.39 is 15.7 Å². The molecule has 3 aromatic rings. The number of aromatic nitrogens is 1. The molecule has 4 rings (SSSR count). The van der Waals surface area contributed by atoms with Crippen molar-refractivity contribution in [3.05, 3.63) is 45.8 Å². The summed E-state index contributed by atoms with van der Waals surface area (Å²) in [4.78, 5) is 18.9. The number of amides is 1. The van der Waals surface area contributed by atoms with E-state index in [0.717, 1.165) is 40.7 Å². The van der Waals surface area contributed by atoms with Crippen molar-refractivity contribution in [2.75, 3.05) is 38.8 Å². The van der Waals surface area contributed by atoms with E-state index in [2.05, 4.69) is 34.4 Å². The van der Waals surface area contributed by atoms with E-state index in [9.17, 15) is 13.2 Å². The lowest BCUT2D eigenvalue weighted by molar-refractivity contribution is 0.100. The molecule has 2 aromatic heterocycles. The Kier molecular flexibility index (Phi) is 6.71. The highest BCUT2D eigenvalue weighted by Crippen LogP contribution is 2.38. The molecule has 1 amide bonds. The number of aromatic amines is 1. The Morgan fingerprint density at radius 1 is 1.25 bits per heavy atom. The average molecular weight is 476 g/mol. The molecule has 9 heteroatoms. The molecule has 0 bridgehead atoms. The predicted octanol–water partition coefficient (Wildman–Crippen LogP) is 3.37. The second-order valence-electron chi connectivity index (χ2n) is 8.51. The van der Waals surface area contributed by atoms with Crippen LogP contribution in [0.1, 0.15) is 39.6 Å². The Balaban J connectivity index is 1.68. The first-order valence-corrected chi connectivity index (χ1v) is 13.4. The van der Waals surface area contributed by atoms with Crippen LogP contribution in [0.2, 0.25) is 0 Å². The molecular weight excluding hydrogens is 446 g/mol. The Hall–Kier alpha value is -2.20. The van der Waals surface area contributed by atoms with Crippen molar-refractivity contribution in [2.45, 2.75) is 25.3 Å². The number of methoxy groups -OCH3 is 1. The lowest BCUT2D eigenvalue weighted by Gasteiger charge is -2.21. The average Bonchev–Trinajstić information content (AvgIpc) is 3.38. The molecular formula is C23H29N3O4S2. The fourth-order valence-electron chi connectivity index (χ4n) is 4.36. The molecule has 0 unspecified atom stereocenters. The van der Waals surface area contributed by atoms with Crippen LogP contribution in [-0.4, -0.2) is 63.0 Å². The van der Waals surface area contributed by atoms with Crippen LogP contribution in [0.3, 0.4) is 0 Å². The van der Waals surface area contributed by atoms with Gasteiger partial charge in [0.15, 0.2) is 0 Å². The molecule has 7 nitrogen and oxygen atoms in total. The third kappa shape index (κ3) is 4.91. The van der Waals surface area contributed by atoms with E-state index in [1.165, 1.54) is 4.88 Å². The van der Waals surface area contributed by atoms with Crippen LogP contribution < -0.4 is 5.73 Å². The van der Waals surface area contributed by atoms with E-state index >= 15 is 0 Å². The molecule has 0 radical (unpaired) electrons. The zero-order valence-corrected chi connectivity index (χ0v) is 20.0. The van der Waals surface area contributed by atoms with Crippen molar-refractivity contribution in [1.82, 2.24) is 9.88 Å². The molecule has 1 fully saturated rings. The molecule has 32 heavy (non-hydrogen) atoms. The summed E-state index contributed by atoms with van der Waals surface area (Å²) in [6.07, 6.45) is 3.11. The fraction of sp³-hybridized carbons (Fsp3) is 0.435. The van der Waals surface area contributed by atoms with Gasteiger partial charge in [-0.3, -0.25) is 9.69 Å². The molecule has 1 saturated heterocycles. The smallest absolute Gasteiger partial charge is 0.250 e. The standard InChI is InChI=1S/C23H29N3O4S2/c1-26(5-6-30-2)13-18-9-17(14-31-18)16-10-19-21(15-3-7-32(28,29)8-4-15)12-25-22(19)20(11-16)23(24)27/h9-12,14-15,25H,3-8,13H2,1-2H3,(H2,24,27). The van der Waals surface area contributed by atoms with Gasteiger partial charge in [-0.2, -0.15) is 0 Å². The maximum absolute atomic E-state index is 12.2. The highest BCUT2D eigenvalue weighted by molar-refractivity contribution is 7.91. The minimum absolute atomic E-state index is 0.149. The number of thiophene rings is 1. The van der Waals surface area contributed by atoms with Crippen LogP contribution in [0.5, 0.6) is 0 Å². The normalized spacial score (nSPS) is 16.7. The molecule has 0 spiro atoms. The van der Waals surface area contributed by atoms with Crippen LogP contribution in [-0.2, 0) is 21.1 Å². The minimum Gasteiger partial charge on any atom is -0.383 e. The molecule has 3 N–H and O–H groups in total. The van der Waals surface area contributed by atoms with Crippen LogP contribution in [0, 0.1) is 0 Å². The summed E-state index contributed by atoms with van der Waals surface area (Å²) in [5.41, 5.74) is 9.95. The Labute approximate surface area is 192 Å². The van der Waals surface area contributed by atoms with Gasteiger partial charge in [-0.1, -0.05) is 0 Å². The van der Waals surface area contributed by atoms with Crippen molar-refractivity contribution < 1.29 is 17.9 Å². The molecule has 0 saturated carbocycles. The van der Waals surface area contributed by atoms with Gasteiger partial charge in [0, 0.05) is 36.7 Å². The number of likely N-dealkylation sites (N-methyl/N-ethyl adjacent to an activating group) is 1. The van der Waals surface area contributed by atoms with Gasteiger partial charge in [0.25, 0.3) is 5.91 Å². The van der Waals surface area contributed by atoms with Crippen molar-refractivity contribution in [3.63, 3.8) is 0 Å². The van der Waals surface area contributed by atoms with Crippen LogP contribution in [0.15, 0.2) is 29.8 Å². The Morgan fingerprint density at radius 2 is 2.00 bits per heavy atom. The molecule has 1 aliphatic rings. The number of nitrogens with two attached hydrogens (primary N) is 1. The van der Waals surface area contributed by atoms with Crippen LogP contribution in [0.4, 0.5) is 0 Å². The first-order chi connectivity index (χ1) is 15.3. The second-order valence-corrected chi connectivity index (χ2v) is 11.8. The highest BCUT2D eigenvalue weighted by atomic mass is 32.2. The highest BCUT2D eigenvalue weighted by Gasteiger charge is 2.27. The molecule has 172 valence electrons. The van der Waals surface area contributed by atoms with Gasteiger partial charge < -0.3 is 15.5 Å². The van der Waals surface area contributed by atoms with Gasteiger partial charge in [-0.05, 0) is 66.1 Å². The number of sulfone groups is 1. The first-order valence-electron chi connectivity index (χ1n) is 10.7. The van der Waals surface area contributed by atoms with Crippen molar-refractivity contribution >= 4 is 38.0 Å². The number of benzene rings is 1. The SMILES string of the molecule is COCCN(C)Cc1cc(-c2cc(C(N)=O)c3[nH]cc(C4CCS(=O)(=O)CC4)c3c2)cs1. The van der Waals surface area contributed by atoms with Gasteiger partial charge in [0.05, 0.1) is 29.2 Å². The quantitative estimate of drug-likeness (QED) is 0.520. The number of fused-ring (bicyclic) bond motifs is 1. The zero-order valence-electron chi connectivity index (χ0n) is 18.4. The maximum atomic E-state index is 12.2. The third-order valence-electron chi connectivity index (χ3n) is 6.17. The second kappa shape index (κ2) is 9.35. The summed E-state index contributed by atoms with van der Waals surface area (Å²) in [6, 6.07) is 6.09. The van der Waals surface area contributed by atoms with E-state index in [1.807, 2.05) is 12.3 Å². The number of carbonyl (C=O) groups excluding carboxylic acids is 1. The minimum atomic E-state index is -2.94. The predicted molar refractivity (Wildman–Crippen MR) is 129 cm³/mol. The lowest BCUT2D eigenvalue weighted by Crippen LogP contribution is -2.22. The van der Waals surface area contributed by atoms with Gasteiger partial charge in [0.1, 0.15) is 9.84 Å². The molecule has 1 aromatic carbocycles. The van der Waals surface area contributed by atoms with E-state index in [0.29, 0.717) is 25.0 Å². The van der Waals surface area contributed by atoms with Gasteiger partial charge in [0.2, 0.25) is 0 Å². The summed E-state index contributed by atoms with van der Waals surface area (Å²) in [6.45, 7) is 2.36. The number of primary amides is 1. The number of nitrogens with zero attached hydrogens (tertiary/aromatic N) is 1. The van der Waals surface area contributed by atoms with Crippen molar-refractivity contribution in [1.29, 1.82) is 0 Å². The van der Waals surface area contributed by atoms with Crippen molar-refractivity contribution in [2.24, 2.45) is 5.73 Å². The lowest BCUT2D eigenvalue weighted by atomic mass is 9.91. The van der Waals surface area contributed by atoms with Crippen LogP contribution in [0.25, 0.3) is 22.0 Å². The molecule has 3 heterocycles. The molecule has 1 aliphatic heterocycles. The van der Waals surface area contributed by atoms with E-state index in [1.54, 1.807) is 18.4 Å². The van der Waals surface area contributed by atoms with Gasteiger partial charge in [-0.25, -0.2) is 8.42 Å². The number of rotatable bonds is 8. The van der Waals surface area contributed by atoms with Crippen molar-refractivity contribution in [3.8, 4) is 11.1 Å². The van der Waals surface area contributed by atoms with E-state index in [4.69, 9.17) is 10.5 Å². The fourth-order valence-corrected chi connectivity index (χ4v) is 6.82. The number of hydrogen-bond acceptors (Lipinski definition) is 6. The number of carbonyl (C=O) groups is 1. The summed E-state index contributed by atoms with van der Waals surface area (Å²) >= 11 is 1.69. The Morgan fingerprint density at radius 3 is 2.69 bits per heavy atom. The molecule has 0 atom stereocenters. The summed E-state index contributed by atoms with van der Waals surface area (Å²) < 4.78 is 28.9. The summed E-state index contributed by atoms with van der Waals surface area (Å²) in [7, 11) is 0.820. The van der Waals surface area contributed by atoms with Gasteiger partial charge >= 0.3 is 0 Å². The monoisotopic (exact) mass is 475 g/mol. The number of ether oxygens (including phenoxy) is 1.